The molecule has 0 aliphatic carbocycles. The van der Waals surface area contributed by atoms with Gasteiger partial charge in [-0.1, -0.05) is 103 Å². The molecular weight excluding hydrogens is 362 g/mol. The van der Waals surface area contributed by atoms with E-state index in [1.807, 2.05) is 12.4 Å². The van der Waals surface area contributed by atoms with E-state index < -0.39 is 0 Å². The predicted octanol–water partition coefficient (Wildman–Crippen LogP) is 7.88. The molecule has 0 N–H and O–H groups in total. The number of hydrogen-bond acceptors (Lipinski definition) is 1. The van der Waals surface area contributed by atoms with Gasteiger partial charge in [-0.25, -0.2) is 0 Å². The largest absolute Gasteiger partial charge is 0.263 e. The molecule has 0 saturated carbocycles. The van der Waals surface area contributed by atoms with Crippen LogP contribution in [0.2, 0.25) is 0 Å². The van der Waals surface area contributed by atoms with Gasteiger partial charge in [0.2, 0.25) is 0 Å². The second kappa shape index (κ2) is 6.82. The summed E-state index contributed by atoms with van der Waals surface area (Å²) in [5.74, 6) is 0. The van der Waals surface area contributed by atoms with Crippen molar-refractivity contribution >= 4 is 32.3 Å². The molecule has 140 valence electrons. The van der Waals surface area contributed by atoms with Crippen LogP contribution in [0, 0.1) is 0 Å². The van der Waals surface area contributed by atoms with E-state index in [1.165, 1.54) is 49.2 Å². The van der Waals surface area contributed by atoms with Crippen molar-refractivity contribution in [2.45, 2.75) is 0 Å². The summed E-state index contributed by atoms with van der Waals surface area (Å²) in [4.78, 5) is 4.58. The lowest BCUT2D eigenvalue weighted by atomic mass is 9.85. The highest BCUT2D eigenvalue weighted by molar-refractivity contribution is 6.23. The zero-order valence-electron chi connectivity index (χ0n) is 16.4. The Morgan fingerprint density at radius 3 is 1.53 bits per heavy atom. The summed E-state index contributed by atoms with van der Waals surface area (Å²) in [5, 5.41) is 7.45. The molecule has 0 amide bonds. The van der Waals surface area contributed by atoms with Crippen LogP contribution in [0.5, 0.6) is 0 Å². The average molecular weight is 381 g/mol. The maximum atomic E-state index is 4.58. The van der Waals surface area contributed by atoms with Crippen molar-refractivity contribution in [1.82, 2.24) is 4.98 Å². The van der Waals surface area contributed by atoms with Crippen molar-refractivity contribution in [3.05, 3.63) is 116 Å². The predicted molar refractivity (Wildman–Crippen MR) is 128 cm³/mol. The van der Waals surface area contributed by atoms with Crippen LogP contribution in [0.1, 0.15) is 0 Å². The molecule has 6 aromatic rings. The van der Waals surface area contributed by atoms with E-state index in [9.17, 15) is 0 Å². The van der Waals surface area contributed by atoms with Gasteiger partial charge >= 0.3 is 0 Å². The van der Waals surface area contributed by atoms with Crippen molar-refractivity contribution in [3.63, 3.8) is 0 Å². The van der Waals surface area contributed by atoms with E-state index in [1.54, 1.807) is 0 Å². The van der Waals surface area contributed by atoms with E-state index in [2.05, 4.69) is 108 Å². The minimum atomic E-state index is 1.16. The molecular formula is C29H19N. The first-order valence-corrected chi connectivity index (χ1v) is 10.2. The molecule has 0 bridgehead atoms. The Bertz CT molecular complexity index is 1470. The lowest BCUT2D eigenvalue weighted by Gasteiger charge is -2.18. The van der Waals surface area contributed by atoms with E-state index in [0.717, 1.165) is 5.39 Å². The van der Waals surface area contributed by atoms with Crippen LogP contribution in [-0.4, -0.2) is 4.98 Å². The van der Waals surface area contributed by atoms with Gasteiger partial charge in [-0.15, -0.1) is 0 Å². The second-order valence-corrected chi connectivity index (χ2v) is 7.62. The van der Waals surface area contributed by atoms with Crippen molar-refractivity contribution in [3.8, 4) is 22.3 Å². The zero-order chi connectivity index (χ0) is 19.9. The normalized spacial score (nSPS) is 11.3. The van der Waals surface area contributed by atoms with Crippen LogP contribution in [0.25, 0.3) is 54.6 Å². The van der Waals surface area contributed by atoms with Gasteiger partial charge in [0.25, 0.3) is 0 Å². The number of hydrogen-bond donors (Lipinski definition) is 0. The van der Waals surface area contributed by atoms with E-state index in [-0.39, 0.29) is 0 Å². The van der Waals surface area contributed by atoms with Crippen molar-refractivity contribution in [1.29, 1.82) is 0 Å². The van der Waals surface area contributed by atoms with Gasteiger partial charge in [0.15, 0.2) is 0 Å². The minimum absolute atomic E-state index is 1.16. The van der Waals surface area contributed by atoms with Crippen LogP contribution in [0.4, 0.5) is 0 Å². The maximum Gasteiger partial charge on any atom is 0.0353 e. The van der Waals surface area contributed by atoms with Gasteiger partial charge in [0, 0.05) is 23.3 Å². The molecule has 1 aromatic heterocycles. The summed E-state index contributed by atoms with van der Waals surface area (Å²) in [6.45, 7) is 0. The summed E-state index contributed by atoms with van der Waals surface area (Å²) in [6, 6.07) is 36.7. The summed E-state index contributed by atoms with van der Waals surface area (Å²) in [7, 11) is 0. The molecule has 1 heteroatoms. The first kappa shape index (κ1) is 16.9. The molecule has 0 atom stereocenters. The Balaban J connectivity index is 1.85. The fraction of sp³-hybridized carbons (Fsp3) is 0. The third-order valence-corrected chi connectivity index (χ3v) is 5.93. The topological polar surface area (TPSA) is 12.9 Å². The molecule has 5 aromatic carbocycles. The van der Waals surface area contributed by atoms with Gasteiger partial charge in [-0.05, 0) is 43.6 Å². The molecule has 0 radical (unpaired) electrons. The number of pyridine rings is 1. The van der Waals surface area contributed by atoms with Crippen molar-refractivity contribution < 1.29 is 0 Å². The smallest absolute Gasteiger partial charge is 0.0353 e. The van der Waals surface area contributed by atoms with Gasteiger partial charge in [-0.3, -0.25) is 4.98 Å². The first-order valence-electron chi connectivity index (χ1n) is 10.2. The fourth-order valence-corrected chi connectivity index (χ4v) is 4.65. The molecule has 6 rings (SSSR count). The van der Waals surface area contributed by atoms with Crippen LogP contribution >= 0.6 is 0 Å². The fourth-order valence-electron chi connectivity index (χ4n) is 4.65. The SMILES string of the molecule is c1ccc(-c2c3ccccc3c(-c3cncc4ccccc34)c3ccccc23)cc1. The lowest BCUT2D eigenvalue weighted by Crippen LogP contribution is -1.92. The van der Waals surface area contributed by atoms with Gasteiger partial charge in [-0.2, -0.15) is 0 Å². The molecule has 0 fully saturated rings. The number of rotatable bonds is 2. The van der Waals surface area contributed by atoms with E-state index >= 15 is 0 Å². The molecule has 0 saturated heterocycles. The Labute approximate surface area is 175 Å². The second-order valence-electron chi connectivity index (χ2n) is 7.62. The quantitative estimate of drug-likeness (QED) is 0.278. The first-order chi connectivity index (χ1) is 14.9. The highest BCUT2D eigenvalue weighted by atomic mass is 14.6. The maximum absolute atomic E-state index is 4.58. The lowest BCUT2D eigenvalue weighted by molar-refractivity contribution is 1.37. The minimum Gasteiger partial charge on any atom is -0.263 e. The van der Waals surface area contributed by atoms with Crippen molar-refractivity contribution in [2.75, 3.05) is 0 Å². The van der Waals surface area contributed by atoms with Gasteiger partial charge in [0.05, 0.1) is 0 Å². The molecule has 0 aliphatic heterocycles. The van der Waals surface area contributed by atoms with Crippen LogP contribution in [0.15, 0.2) is 116 Å². The zero-order valence-corrected chi connectivity index (χ0v) is 16.4. The summed E-state index contributed by atoms with van der Waals surface area (Å²) in [5.41, 5.74) is 4.97. The standard InChI is InChI=1S/C29H19N/c1-2-10-20(11-3-1)28-23-14-6-8-16-25(23)29(26-17-9-7-15-24(26)28)27-19-30-18-21-12-4-5-13-22(21)27/h1-19H. The molecule has 0 unspecified atom stereocenters. The molecule has 1 heterocycles. The van der Waals surface area contributed by atoms with Crippen molar-refractivity contribution in [2.24, 2.45) is 0 Å². The highest BCUT2D eigenvalue weighted by Crippen LogP contribution is 2.44. The molecule has 0 spiro atoms. The van der Waals surface area contributed by atoms with Crippen LogP contribution in [-0.2, 0) is 0 Å². The van der Waals surface area contributed by atoms with E-state index in [0.29, 0.717) is 0 Å². The Kier molecular flexibility index (Phi) is 3.85. The summed E-state index contributed by atoms with van der Waals surface area (Å²) < 4.78 is 0. The van der Waals surface area contributed by atoms with E-state index in [4.69, 9.17) is 0 Å². The average Bonchev–Trinajstić information content (AvgIpc) is 2.83. The number of aromatic nitrogens is 1. The third kappa shape index (κ3) is 2.53. The monoisotopic (exact) mass is 381 g/mol. The summed E-state index contributed by atoms with van der Waals surface area (Å²) >= 11 is 0. The Morgan fingerprint density at radius 2 is 0.900 bits per heavy atom. The van der Waals surface area contributed by atoms with Gasteiger partial charge < -0.3 is 0 Å². The molecule has 30 heavy (non-hydrogen) atoms. The van der Waals surface area contributed by atoms with Gasteiger partial charge in [0.1, 0.15) is 0 Å². The van der Waals surface area contributed by atoms with Crippen LogP contribution < -0.4 is 0 Å². The summed E-state index contributed by atoms with van der Waals surface area (Å²) in [6.07, 6.45) is 3.96. The van der Waals surface area contributed by atoms with Crippen LogP contribution in [0.3, 0.4) is 0 Å². The molecule has 0 aliphatic rings. The highest BCUT2D eigenvalue weighted by Gasteiger charge is 2.17. The third-order valence-electron chi connectivity index (χ3n) is 5.93. The molecule has 1 nitrogen and oxygen atoms in total. The number of benzene rings is 5. The number of fused-ring (bicyclic) bond motifs is 3. The Hall–Kier alpha value is -3.97. The number of nitrogens with zero attached hydrogens (tertiary/aromatic N) is 1. The Morgan fingerprint density at radius 1 is 0.400 bits per heavy atom.